The first-order valence-corrected chi connectivity index (χ1v) is 11.6. The molecule has 0 aromatic carbocycles. The van der Waals surface area contributed by atoms with Crippen LogP contribution < -0.4 is 10.6 Å². The van der Waals surface area contributed by atoms with Crippen molar-refractivity contribution in [2.75, 3.05) is 26.2 Å². The first-order chi connectivity index (χ1) is 13.9. The Morgan fingerprint density at radius 1 is 1.03 bits per heavy atom. The second kappa shape index (κ2) is 8.88. The van der Waals surface area contributed by atoms with Gasteiger partial charge in [0.2, 0.25) is 11.8 Å². The Bertz CT molecular complexity index is 592. The average Bonchev–Trinajstić information content (AvgIpc) is 3.18. The molecule has 2 saturated carbocycles. The highest BCUT2D eigenvalue weighted by Gasteiger charge is 2.46. The summed E-state index contributed by atoms with van der Waals surface area (Å²) < 4.78 is 14.3. The molecule has 2 aliphatic heterocycles. The zero-order valence-electron chi connectivity index (χ0n) is 17.9. The molecule has 29 heavy (non-hydrogen) atoms. The minimum Gasteiger partial charge on any atom is -0.352 e. The highest BCUT2D eigenvalue weighted by atomic mass is 19.1. The van der Waals surface area contributed by atoms with Gasteiger partial charge in [-0.1, -0.05) is 6.92 Å². The number of hydrogen-bond donors (Lipinski definition) is 2. The lowest BCUT2D eigenvalue weighted by molar-refractivity contribution is -0.131. The van der Waals surface area contributed by atoms with Crippen molar-refractivity contribution >= 4 is 11.8 Å². The van der Waals surface area contributed by atoms with E-state index in [1.165, 1.54) is 6.42 Å². The van der Waals surface area contributed by atoms with Crippen molar-refractivity contribution < 1.29 is 14.0 Å². The number of nitrogens with one attached hydrogen (secondary N) is 2. The molecule has 164 valence electrons. The van der Waals surface area contributed by atoms with Gasteiger partial charge in [0.05, 0.1) is 6.04 Å². The summed E-state index contributed by atoms with van der Waals surface area (Å²) in [5, 5.41) is 6.73. The van der Waals surface area contributed by atoms with Gasteiger partial charge in [0.15, 0.2) is 0 Å². The number of nitrogens with zero attached hydrogens (tertiary/aromatic N) is 2. The van der Waals surface area contributed by atoms with Gasteiger partial charge in [0, 0.05) is 57.1 Å². The fourth-order valence-corrected chi connectivity index (χ4v) is 6.13. The quantitative estimate of drug-likeness (QED) is 0.746. The SMILES string of the molecule is CC(=O)N1CCN([C@H]2CCC[C@@H](NC(=O)C3CC4C(F)CCC(C)C4N3)C2)CC1. The van der Waals surface area contributed by atoms with Crippen molar-refractivity contribution in [1.82, 2.24) is 20.4 Å². The molecule has 0 aromatic heterocycles. The molecule has 0 radical (unpaired) electrons. The maximum absolute atomic E-state index is 14.3. The van der Waals surface area contributed by atoms with E-state index in [2.05, 4.69) is 22.5 Å². The van der Waals surface area contributed by atoms with E-state index >= 15 is 0 Å². The maximum atomic E-state index is 14.3. The Morgan fingerprint density at radius 3 is 2.48 bits per heavy atom. The Morgan fingerprint density at radius 2 is 1.79 bits per heavy atom. The molecule has 2 heterocycles. The Labute approximate surface area is 173 Å². The Balaban J connectivity index is 1.27. The molecule has 6 nitrogen and oxygen atoms in total. The van der Waals surface area contributed by atoms with Crippen LogP contribution in [0.25, 0.3) is 0 Å². The van der Waals surface area contributed by atoms with Gasteiger partial charge in [-0.2, -0.15) is 0 Å². The zero-order valence-corrected chi connectivity index (χ0v) is 17.9. The molecule has 5 unspecified atom stereocenters. The van der Waals surface area contributed by atoms with Crippen LogP contribution in [0.1, 0.15) is 58.8 Å². The lowest BCUT2D eigenvalue weighted by Gasteiger charge is -2.42. The van der Waals surface area contributed by atoms with Crippen molar-refractivity contribution in [3.63, 3.8) is 0 Å². The summed E-state index contributed by atoms with van der Waals surface area (Å²) in [6, 6.07) is 0.585. The first kappa shape index (κ1) is 21.0. The molecular formula is C22H37FN4O2. The molecule has 2 N–H and O–H groups in total. The van der Waals surface area contributed by atoms with E-state index in [1.807, 2.05) is 4.90 Å². The number of hydrogen-bond acceptors (Lipinski definition) is 4. The molecule has 7 heteroatoms. The third-order valence-corrected chi connectivity index (χ3v) is 7.92. The molecule has 7 atom stereocenters. The van der Waals surface area contributed by atoms with Crippen LogP contribution in [0.4, 0.5) is 4.39 Å². The van der Waals surface area contributed by atoms with Gasteiger partial charge in [0.25, 0.3) is 0 Å². The highest BCUT2D eigenvalue weighted by molar-refractivity contribution is 5.82. The van der Waals surface area contributed by atoms with Crippen molar-refractivity contribution in [2.24, 2.45) is 11.8 Å². The average molecular weight is 409 g/mol. The molecule has 2 aliphatic carbocycles. The smallest absolute Gasteiger partial charge is 0.237 e. The van der Waals surface area contributed by atoms with Gasteiger partial charge in [-0.25, -0.2) is 4.39 Å². The van der Waals surface area contributed by atoms with Gasteiger partial charge in [-0.05, 0) is 50.9 Å². The fraction of sp³-hybridized carbons (Fsp3) is 0.909. The Kier molecular flexibility index (Phi) is 6.44. The van der Waals surface area contributed by atoms with Crippen LogP contribution in [-0.2, 0) is 9.59 Å². The van der Waals surface area contributed by atoms with Crippen molar-refractivity contribution in [1.29, 1.82) is 0 Å². The highest BCUT2D eigenvalue weighted by Crippen LogP contribution is 2.38. The Hall–Kier alpha value is -1.21. The number of rotatable bonds is 3. The lowest BCUT2D eigenvalue weighted by Crippen LogP contribution is -2.55. The van der Waals surface area contributed by atoms with Crippen LogP contribution >= 0.6 is 0 Å². The number of halogens is 1. The number of carbonyl (C=O) groups is 2. The summed E-state index contributed by atoms with van der Waals surface area (Å²) in [6.45, 7) is 7.28. The molecule has 0 spiro atoms. The predicted molar refractivity (Wildman–Crippen MR) is 110 cm³/mol. The van der Waals surface area contributed by atoms with Crippen LogP contribution in [0.3, 0.4) is 0 Å². The summed E-state index contributed by atoms with van der Waals surface area (Å²) in [5.41, 5.74) is 0. The second-order valence-corrected chi connectivity index (χ2v) is 9.78. The topological polar surface area (TPSA) is 64.7 Å². The van der Waals surface area contributed by atoms with E-state index in [9.17, 15) is 14.0 Å². The van der Waals surface area contributed by atoms with E-state index in [4.69, 9.17) is 0 Å². The maximum Gasteiger partial charge on any atom is 0.237 e. The van der Waals surface area contributed by atoms with Crippen LogP contribution in [0.5, 0.6) is 0 Å². The monoisotopic (exact) mass is 408 g/mol. The predicted octanol–water partition coefficient (Wildman–Crippen LogP) is 1.69. The van der Waals surface area contributed by atoms with Gasteiger partial charge in [-0.3, -0.25) is 14.5 Å². The minimum atomic E-state index is -0.769. The summed E-state index contributed by atoms with van der Waals surface area (Å²) in [6.07, 6.45) is 5.70. The van der Waals surface area contributed by atoms with E-state index in [0.29, 0.717) is 24.8 Å². The molecule has 4 rings (SSSR count). The van der Waals surface area contributed by atoms with Crippen molar-refractivity contribution in [2.45, 2.75) is 89.1 Å². The van der Waals surface area contributed by atoms with E-state index in [1.54, 1.807) is 6.92 Å². The molecule has 2 amide bonds. The summed E-state index contributed by atoms with van der Waals surface area (Å²) in [4.78, 5) is 28.9. The van der Waals surface area contributed by atoms with Crippen LogP contribution in [0.15, 0.2) is 0 Å². The van der Waals surface area contributed by atoms with Crippen LogP contribution in [0.2, 0.25) is 0 Å². The normalized spacial score (nSPS) is 41.1. The lowest BCUT2D eigenvalue weighted by atomic mass is 9.77. The number of alkyl halides is 1. The molecule has 2 saturated heterocycles. The third-order valence-electron chi connectivity index (χ3n) is 7.92. The summed E-state index contributed by atoms with van der Waals surface area (Å²) in [5.74, 6) is 0.655. The second-order valence-electron chi connectivity index (χ2n) is 9.78. The van der Waals surface area contributed by atoms with Gasteiger partial charge >= 0.3 is 0 Å². The summed E-state index contributed by atoms with van der Waals surface area (Å²) in [7, 11) is 0. The first-order valence-electron chi connectivity index (χ1n) is 11.6. The number of fused-ring (bicyclic) bond motifs is 1. The van der Waals surface area contributed by atoms with Gasteiger partial charge < -0.3 is 15.5 Å². The summed E-state index contributed by atoms with van der Waals surface area (Å²) >= 11 is 0. The molecule has 4 aliphatic rings. The van der Waals surface area contributed by atoms with E-state index < -0.39 is 6.17 Å². The van der Waals surface area contributed by atoms with Crippen molar-refractivity contribution in [3.8, 4) is 0 Å². The molecule has 0 bridgehead atoms. The number of amides is 2. The van der Waals surface area contributed by atoms with Crippen molar-refractivity contribution in [3.05, 3.63) is 0 Å². The van der Waals surface area contributed by atoms with Crippen LogP contribution in [0, 0.1) is 11.8 Å². The molecule has 0 aromatic rings. The van der Waals surface area contributed by atoms with Gasteiger partial charge in [0.1, 0.15) is 6.17 Å². The molecular weight excluding hydrogens is 371 g/mol. The van der Waals surface area contributed by atoms with E-state index in [0.717, 1.165) is 51.9 Å². The zero-order chi connectivity index (χ0) is 20.5. The minimum absolute atomic E-state index is 0.00817. The largest absolute Gasteiger partial charge is 0.352 e. The fourth-order valence-electron chi connectivity index (χ4n) is 6.13. The van der Waals surface area contributed by atoms with Crippen LogP contribution in [-0.4, -0.2) is 78.1 Å². The third kappa shape index (κ3) is 4.61. The number of piperazine rings is 1. The molecule has 4 fully saturated rings. The van der Waals surface area contributed by atoms with Gasteiger partial charge in [-0.15, -0.1) is 0 Å². The number of carbonyl (C=O) groups excluding carboxylic acids is 2. The van der Waals surface area contributed by atoms with E-state index in [-0.39, 0.29) is 35.9 Å². The standard InChI is InChI=1S/C22H37FN4O2/c1-14-6-7-19(23)18-13-20(25-21(14)18)22(29)24-16-4-3-5-17(12-16)27-10-8-26(9-11-27)15(2)28/h14,16-21,25H,3-13H2,1-2H3,(H,24,29)/t14?,16-,17+,18?,19?,20?,21?/m1/s1.